The van der Waals surface area contributed by atoms with Gasteiger partial charge in [0, 0.05) is 42.5 Å². The number of methoxy groups -OCH3 is 1. The number of nitrogens with zero attached hydrogens (tertiary/aromatic N) is 2. The van der Waals surface area contributed by atoms with Crippen molar-refractivity contribution in [3.8, 4) is 12.3 Å². The molecule has 0 aliphatic carbocycles. The number of halogens is 4. The number of anilines is 1. The third-order valence-corrected chi connectivity index (χ3v) is 10.7. The largest absolute Gasteiger partial charge is 0.495 e. The number of amides is 1. The van der Waals surface area contributed by atoms with Crippen molar-refractivity contribution in [1.29, 1.82) is 0 Å². The number of carbonyl (C=O) groups is 1. The summed E-state index contributed by atoms with van der Waals surface area (Å²) in [5.41, 5.74) is 0.510. The van der Waals surface area contributed by atoms with E-state index < -0.39 is 63.2 Å². The second-order valence-electron chi connectivity index (χ2n) is 11.8. The summed E-state index contributed by atoms with van der Waals surface area (Å²) < 4.78 is 92.5. The Kier molecular flexibility index (Phi) is 11.0. The number of ether oxygens (including phenoxy) is 1. The van der Waals surface area contributed by atoms with Crippen LogP contribution in [0.1, 0.15) is 36.0 Å². The predicted octanol–water partition coefficient (Wildman–Crippen LogP) is 6.34. The molecule has 8 nitrogen and oxygen atoms in total. The van der Waals surface area contributed by atoms with Crippen LogP contribution in [0.4, 0.5) is 23.2 Å². The van der Waals surface area contributed by atoms with E-state index in [1.165, 1.54) is 47.8 Å². The Morgan fingerprint density at radius 2 is 1.65 bits per heavy atom. The number of para-hydroxylation sites is 1. The van der Waals surface area contributed by atoms with Crippen molar-refractivity contribution in [3.63, 3.8) is 0 Å². The summed E-state index contributed by atoms with van der Waals surface area (Å²) in [6.07, 6.45) is 0.210. The van der Waals surface area contributed by atoms with Crippen LogP contribution in [0.3, 0.4) is 0 Å². The van der Waals surface area contributed by atoms with E-state index in [2.05, 4.69) is 15.5 Å². The molecule has 0 saturated carbocycles. The summed E-state index contributed by atoms with van der Waals surface area (Å²) in [4.78, 5) is 17.6. The Hall–Kier alpha value is -4.77. The van der Waals surface area contributed by atoms with Crippen LogP contribution in [0.15, 0.2) is 89.8 Å². The molecule has 1 saturated heterocycles. The fraction of sp³-hybridized carbons (Fsp3) is 0.278. The maximum atomic E-state index is 15.4. The van der Waals surface area contributed by atoms with Crippen molar-refractivity contribution in [3.05, 3.63) is 130 Å². The molecule has 1 fully saturated rings. The maximum Gasteiger partial charge on any atom is 0.359 e. The van der Waals surface area contributed by atoms with Gasteiger partial charge < -0.3 is 15.4 Å². The van der Waals surface area contributed by atoms with Crippen LogP contribution in [0.25, 0.3) is 4.85 Å². The van der Waals surface area contributed by atoms with E-state index >= 15 is 4.39 Å². The number of sulfonamides is 1. The number of hydrogen-bond donors (Lipinski definition) is 2. The second kappa shape index (κ2) is 15.2. The zero-order valence-electron chi connectivity index (χ0n) is 26.7. The van der Waals surface area contributed by atoms with Gasteiger partial charge >= 0.3 is 11.9 Å². The Morgan fingerprint density at radius 1 is 0.959 bits per heavy atom. The minimum absolute atomic E-state index is 0.0144. The molecule has 4 unspecified atom stereocenters. The minimum atomic E-state index is -4.03. The van der Waals surface area contributed by atoms with Crippen molar-refractivity contribution in [2.75, 3.05) is 25.5 Å². The molecule has 1 amide bonds. The molecule has 49 heavy (non-hydrogen) atoms. The van der Waals surface area contributed by atoms with E-state index in [-0.39, 0.29) is 40.3 Å². The van der Waals surface area contributed by atoms with Crippen molar-refractivity contribution < 1.29 is 35.5 Å². The van der Waals surface area contributed by atoms with Gasteiger partial charge in [0.15, 0.2) is 0 Å². The molecule has 0 radical (unpaired) electrons. The highest BCUT2D eigenvalue weighted by atomic mass is 32.2. The van der Waals surface area contributed by atoms with E-state index in [0.717, 1.165) is 24.3 Å². The molecule has 0 bridgehead atoms. The molecule has 0 spiro atoms. The molecule has 5 rings (SSSR count). The first-order chi connectivity index (χ1) is 23.4. The zero-order valence-corrected chi connectivity index (χ0v) is 27.6. The Bertz CT molecular complexity index is 1950. The first-order valence-electron chi connectivity index (χ1n) is 15.5. The van der Waals surface area contributed by atoms with Crippen LogP contribution in [0.5, 0.6) is 5.75 Å². The average molecular weight is 696 g/mol. The van der Waals surface area contributed by atoms with E-state index in [4.69, 9.17) is 11.3 Å². The second-order valence-corrected chi connectivity index (χ2v) is 13.6. The number of hydrogen-bond acceptors (Lipinski definition) is 5. The minimum Gasteiger partial charge on any atom is -0.495 e. The normalized spacial score (nSPS) is 17.9. The highest BCUT2D eigenvalue weighted by Gasteiger charge is 2.41. The van der Waals surface area contributed by atoms with Crippen LogP contribution in [0.2, 0.25) is 0 Å². The topological polar surface area (TPSA) is 92.1 Å². The third kappa shape index (κ3) is 7.77. The van der Waals surface area contributed by atoms with Crippen LogP contribution >= 0.6 is 0 Å². The lowest BCUT2D eigenvalue weighted by Crippen LogP contribution is -2.58. The quantitative estimate of drug-likeness (QED) is 0.179. The fourth-order valence-corrected chi connectivity index (χ4v) is 8.35. The lowest BCUT2D eigenvalue weighted by molar-refractivity contribution is -0.116. The molecule has 1 heterocycles. The van der Waals surface area contributed by atoms with Crippen molar-refractivity contribution in [2.45, 2.75) is 48.7 Å². The van der Waals surface area contributed by atoms with Gasteiger partial charge in [-0.15, -0.1) is 0 Å². The van der Waals surface area contributed by atoms with E-state index in [1.807, 2.05) is 0 Å². The Labute approximate surface area is 282 Å². The smallest absolute Gasteiger partial charge is 0.359 e. The van der Waals surface area contributed by atoms with Gasteiger partial charge in [-0.1, -0.05) is 35.2 Å². The van der Waals surface area contributed by atoms with Gasteiger partial charge in [-0.2, -0.15) is 4.31 Å². The summed E-state index contributed by atoms with van der Waals surface area (Å²) in [6, 6.07) is 15.6. The van der Waals surface area contributed by atoms with E-state index in [9.17, 15) is 26.4 Å². The number of carbonyl (C=O) groups excluding carboxylic acids is 1. The number of nitrogens with one attached hydrogen (secondary N) is 2. The lowest BCUT2D eigenvalue weighted by atomic mass is 9.84. The van der Waals surface area contributed by atoms with Gasteiger partial charge in [-0.25, -0.2) is 26.0 Å². The van der Waals surface area contributed by atoms with Crippen LogP contribution in [-0.2, 0) is 21.2 Å². The highest BCUT2D eigenvalue weighted by Crippen LogP contribution is 2.34. The standard InChI is InChI=1S/C36H34F4N4O4S/c1-22-20-42-21-28(44(22)49(46,47)33-10-5-4-9-32(33)48-3)15-16-29-30(40)7-6-8-31(29)43-36(45)35(41-2)34(23-11-13-25(37)14-12-23)24-17-26(38)19-27(39)18-24/h2,4-14,17-19,22,28,34-35,42H,15-16,20-21H2,1,3H3/p+1. The third-order valence-electron chi connectivity index (χ3n) is 8.56. The predicted molar refractivity (Wildman–Crippen MR) is 178 cm³/mol. The number of benzene rings is 4. The maximum absolute atomic E-state index is 15.4. The summed E-state index contributed by atoms with van der Waals surface area (Å²) in [5, 5.41) is 5.90. The molecule has 4 aromatic carbocycles. The van der Waals surface area contributed by atoms with Gasteiger partial charge in [0.25, 0.3) is 6.57 Å². The number of piperazine rings is 1. The van der Waals surface area contributed by atoms with Gasteiger partial charge in [0.05, 0.1) is 13.0 Å². The molecular formula is C36H35F4N4O4S+. The van der Waals surface area contributed by atoms with E-state index in [0.29, 0.717) is 24.7 Å². The van der Waals surface area contributed by atoms with E-state index in [1.54, 1.807) is 25.1 Å². The van der Waals surface area contributed by atoms with Gasteiger partial charge in [-0.05, 0) is 79.4 Å². The Balaban J connectivity index is 1.43. The zero-order chi connectivity index (χ0) is 35.3. The number of rotatable bonds is 11. The molecule has 13 heteroatoms. The highest BCUT2D eigenvalue weighted by molar-refractivity contribution is 7.89. The summed E-state index contributed by atoms with van der Waals surface area (Å²) in [6.45, 7) is 8.20. The van der Waals surface area contributed by atoms with Crippen molar-refractivity contribution in [1.82, 2.24) is 9.62 Å². The summed E-state index contributed by atoms with van der Waals surface area (Å²) in [7, 11) is -2.64. The molecule has 4 atom stereocenters. The van der Waals surface area contributed by atoms with Crippen LogP contribution in [0, 0.1) is 29.8 Å². The molecule has 4 aromatic rings. The average Bonchev–Trinajstić information content (AvgIpc) is 3.06. The summed E-state index contributed by atoms with van der Waals surface area (Å²) in [5.74, 6) is -4.78. The Morgan fingerprint density at radius 3 is 2.33 bits per heavy atom. The molecule has 1 aliphatic heterocycles. The monoisotopic (exact) mass is 695 g/mol. The molecule has 1 aliphatic rings. The van der Waals surface area contributed by atoms with Gasteiger partial charge in [0.2, 0.25) is 10.0 Å². The van der Waals surface area contributed by atoms with Crippen molar-refractivity contribution in [2.24, 2.45) is 0 Å². The van der Waals surface area contributed by atoms with Gasteiger partial charge in [-0.3, -0.25) is 4.79 Å². The fourth-order valence-electron chi connectivity index (χ4n) is 6.34. The molecule has 2 N–H and O–H groups in total. The first-order valence-corrected chi connectivity index (χ1v) is 17.0. The van der Waals surface area contributed by atoms with Crippen LogP contribution in [-0.4, -0.2) is 57.0 Å². The molecule has 0 aromatic heterocycles. The first kappa shape index (κ1) is 35.5. The molecular weight excluding hydrogens is 660 g/mol. The van der Waals surface area contributed by atoms with Crippen molar-refractivity contribution >= 4 is 21.6 Å². The molecule has 256 valence electrons. The van der Waals surface area contributed by atoms with Crippen LogP contribution < -0.4 is 15.4 Å². The summed E-state index contributed by atoms with van der Waals surface area (Å²) >= 11 is 0. The lowest BCUT2D eigenvalue weighted by Gasteiger charge is -2.40. The van der Waals surface area contributed by atoms with Gasteiger partial charge in [0.1, 0.15) is 33.9 Å². The SMILES string of the molecule is C#[N+]C(C(=O)Nc1cccc(F)c1CCC1CNCC(C)N1S(=O)(=O)c1ccccc1OC)C(c1ccc(F)cc1)c1cc(F)cc(F)c1.